The number of nitriles is 1. The number of benzene rings is 1. The lowest BCUT2D eigenvalue weighted by Crippen LogP contribution is -2.32. The lowest BCUT2D eigenvalue weighted by Gasteiger charge is -2.36. The Balaban J connectivity index is 2.53. The Kier molecular flexibility index (Phi) is 2.36. The van der Waals surface area contributed by atoms with Crippen molar-refractivity contribution in [1.29, 1.82) is 5.26 Å². The molecule has 0 N–H and O–H groups in total. The van der Waals surface area contributed by atoms with E-state index in [1.807, 2.05) is 0 Å². The Labute approximate surface area is 88.3 Å². The van der Waals surface area contributed by atoms with Crippen LogP contribution < -0.4 is 4.74 Å². The summed E-state index contributed by atoms with van der Waals surface area (Å²) in [6.07, 6.45) is 2.61. The van der Waals surface area contributed by atoms with Crippen molar-refractivity contribution >= 4 is 0 Å². The van der Waals surface area contributed by atoms with Crippen LogP contribution in [-0.4, -0.2) is 7.11 Å². The maximum Gasteiger partial charge on any atom is 0.165 e. The van der Waals surface area contributed by atoms with Gasteiger partial charge in [-0.25, -0.2) is 4.39 Å². The summed E-state index contributed by atoms with van der Waals surface area (Å²) in [6.45, 7) is 0. The number of hydrogen-bond donors (Lipinski definition) is 0. The quantitative estimate of drug-likeness (QED) is 0.743. The van der Waals surface area contributed by atoms with Gasteiger partial charge in [0.2, 0.25) is 0 Å². The smallest absolute Gasteiger partial charge is 0.165 e. The molecule has 1 aromatic carbocycles. The zero-order valence-corrected chi connectivity index (χ0v) is 8.59. The van der Waals surface area contributed by atoms with E-state index in [4.69, 9.17) is 4.74 Å². The van der Waals surface area contributed by atoms with Crippen LogP contribution in [0.1, 0.15) is 24.8 Å². The molecule has 0 heterocycles. The van der Waals surface area contributed by atoms with Crippen LogP contribution >= 0.6 is 0 Å². The third-order valence-electron chi connectivity index (χ3n) is 3.11. The van der Waals surface area contributed by atoms with Gasteiger partial charge in [0.1, 0.15) is 0 Å². The predicted octanol–water partition coefficient (Wildman–Crippen LogP) is 2.78. The van der Waals surface area contributed by atoms with Crippen LogP contribution in [0.3, 0.4) is 0 Å². The zero-order chi connectivity index (χ0) is 10.9. The van der Waals surface area contributed by atoms with Crippen molar-refractivity contribution in [1.82, 2.24) is 0 Å². The van der Waals surface area contributed by atoms with E-state index < -0.39 is 11.2 Å². The summed E-state index contributed by atoms with van der Waals surface area (Å²) in [5, 5.41) is 9.17. The number of ether oxygens (including phenoxy) is 1. The second-order valence-electron chi connectivity index (χ2n) is 3.87. The minimum atomic E-state index is -0.520. The van der Waals surface area contributed by atoms with Gasteiger partial charge in [-0.1, -0.05) is 12.1 Å². The van der Waals surface area contributed by atoms with Gasteiger partial charge in [0.15, 0.2) is 11.6 Å². The highest BCUT2D eigenvalue weighted by molar-refractivity contribution is 5.46. The molecule has 1 saturated carbocycles. The molecule has 0 atom stereocenters. The first-order valence-electron chi connectivity index (χ1n) is 4.98. The minimum Gasteiger partial charge on any atom is -0.493 e. The predicted molar refractivity (Wildman–Crippen MR) is 54.1 cm³/mol. The van der Waals surface area contributed by atoms with Crippen molar-refractivity contribution in [2.24, 2.45) is 0 Å². The summed E-state index contributed by atoms with van der Waals surface area (Å²) in [5.74, 6) is -0.171. The Morgan fingerprint density at radius 2 is 2.20 bits per heavy atom. The van der Waals surface area contributed by atoms with Crippen molar-refractivity contribution in [2.45, 2.75) is 24.7 Å². The van der Waals surface area contributed by atoms with E-state index in [2.05, 4.69) is 6.07 Å². The lowest BCUT2D eigenvalue weighted by molar-refractivity contribution is 0.300. The van der Waals surface area contributed by atoms with E-state index in [-0.39, 0.29) is 5.75 Å². The molecule has 3 heteroatoms. The number of halogens is 1. The van der Waals surface area contributed by atoms with Crippen LogP contribution in [0.25, 0.3) is 0 Å². The molecular formula is C12H12FNO. The van der Waals surface area contributed by atoms with Crippen LogP contribution in [0, 0.1) is 17.1 Å². The van der Waals surface area contributed by atoms with Gasteiger partial charge in [-0.2, -0.15) is 5.26 Å². The first kappa shape index (κ1) is 9.97. The van der Waals surface area contributed by atoms with E-state index in [9.17, 15) is 9.65 Å². The highest BCUT2D eigenvalue weighted by Crippen LogP contribution is 2.47. The molecule has 78 valence electrons. The van der Waals surface area contributed by atoms with Gasteiger partial charge in [-0.05, 0) is 25.3 Å². The van der Waals surface area contributed by atoms with E-state index >= 15 is 0 Å². The van der Waals surface area contributed by atoms with Gasteiger partial charge in [0.25, 0.3) is 0 Å². The van der Waals surface area contributed by atoms with Gasteiger partial charge >= 0.3 is 0 Å². The molecule has 0 unspecified atom stereocenters. The molecule has 15 heavy (non-hydrogen) atoms. The fraction of sp³-hybridized carbons (Fsp3) is 0.417. The molecule has 1 aliphatic carbocycles. The second kappa shape index (κ2) is 3.54. The van der Waals surface area contributed by atoms with Gasteiger partial charge in [-0.3, -0.25) is 0 Å². The van der Waals surface area contributed by atoms with Crippen LogP contribution in [0.2, 0.25) is 0 Å². The van der Waals surface area contributed by atoms with E-state index in [0.29, 0.717) is 5.56 Å². The third-order valence-corrected chi connectivity index (χ3v) is 3.11. The third kappa shape index (κ3) is 1.37. The molecule has 2 nitrogen and oxygen atoms in total. The van der Waals surface area contributed by atoms with E-state index in [1.54, 1.807) is 12.1 Å². The topological polar surface area (TPSA) is 33.0 Å². The van der Waals surface area contributed by atoms with Crippen molar-refractivity contribution in [3.05, 3.63) is 29.6 Å². The molecule has 0 spiro atoms. The Bertz CT molecular complexity index is 418. The van der Waals surface area contributed by atoms with Crippen molar-refractivity contribution in [2.75, 3.05) is 7.11 Å². The van der Waals surface area contributed by atoms with Crippen LogP contribution in [0.4, 0.5) is 4.39 Å². The zero-order valence-electron chi connectivity index (χ0n) is 8.59. The molecule has 0 aliphatic heterocycles. The normalized spacial score (nSPS) is 17.7. The second-order valence-corrected chi connectivity index (χ2v) is 3.87. The first-order valence-corrected chi connectivity index (χ1v) is 4.98. The standard InChI is InChI=1S/C12H12FNO/c1-15-11-9(4-2-5-10(11)13)12(8-14)6-3-7-12/h2,4-5H,3,6-7H2,1H3. The largest absolute Gasteiger partial charge is 0.493 e. The van der Waals surface area contributed by atoms with Crippen molar-refractivity contribution < 1.29 is 9.13 Å². The molecule has 0 bridgehead atoms. The summed E-state index contributed by atoms with van der Waals surface area (Å²) in [6, 6.07) is 7.05. The fourth-order valence-corrected chi connectivity index (χ4v) is 2.06. The average Bonchev–Trinajstić information content (AvgIpc) is 2.17. The first-order chi connectivity index (χ1) is 7.23. The van der Waals surface area contributed by atoms with Crippen LogP contribution in [-0.2, 0) is 5.41 Å². The SMILES string of the molecule is COc1c(F)cccc1C1(C#N)CCC1. The highest BCUT2D eigenvalue weighted by atomic mass is 19.1. The number of nitrogens with zero attached hydrogens (tertiary/aromatic N) is 1. The number of rotatable bonds is 2. The summed E-state index contributed by atoms with van der Waals surface area (Å²) in [7, 11) is 1.44. The molecular weight excluding hydrogens is 193 g/mol. The molecule has 2 rings (SSSR count). The summed E-state index contributed by atoms with van der Waals surface area (Å²) >= 11 is 0. The monoisotopic (exact) mass is 205 g/mol. The van der Waals surface area contributed by atoms with Gasteiger partial charge in [-0.15, -0.1) is 0 Å². The van der Waals surface area contributed by atoms with E-state index in [0.717, 1.165) is 19.3 Å². The van der Waals surface area contributed by atoms with Gasteiger partial charge in [0, 0.05) is 5.56 Å². The Hall–Kier alpha value is -1.56. The summed E-state index contributed by atoms with van der Waals surface area (Å²) < 4.78 is 18.5. The molecule has 1 aromatic rings. The maximum absolute atomic E-state index is 13.4. The number of hydrogen-bond acceptors (Lipinski definition) is 2. The average molecular weight is 205 g/mol. The molecule has 1 fully saturated rings. The summed E-state index contributed by atoms with van der Waals surface area (Å²) in [5.41, 5.74) is 0.173. The molecule has 1 aliphatic rings. The van der Waals surface area contributed by atoms with Crippen molar-refractivity contribution in [3.8, 4) is 11.8 Å². The van der Waals surface area contributed by atoms with E-state index in [1.165, 1.54) is 13.2 Å². The molecule has 0 radical (unpaired) electrons. The maximum atomic E-state index is 13.4. The Morgan fingerprint density at radius 3 is 2.67 bits per heavy atom. The Morgan fingerprint density at radius 1 is 1.47 bits per heavy atom. The van der Waals surface area contributed by atoms with Gasteiger partial charge in [0.05, 0.1) is 18.6 Å². The minimum absolute atomic E-state index is 0.221. The summed E-state index contributed by atoms with van der Waals surface area (Å²) in [4.78, 5) is 0. The number of para-hydroxylation sites is 1. The fourth-order valence-electron chi connectivity index (χ4n) is 2.06. The van der Waals surface area contributed by atoms with Gasteiger partial charge < -0.3 is 4.74 Å². The number of methoxy groups -OCH3 is 1. The molecule has 0 saturated heterocycles. The van der Waals surface area contributed by atoms with Crippen LogP contribution in [0.15, 0.2) is 18.2 Å². The molecule has 0 aromatic heterocycles. The van der Waals surface area contributed by atoms with Crippen molar-refractivity contribution in [3.63, 3.8) is 0 Å². The highest BCUT2D eigenvalue weighted by Gasteiger charge is 2.41. The lowest BCUT2D eigenvalue weighted by atomic mass is 9.65. The molecule has 0 amide bonds. The van der Waals surface area contributed by atoms with Crippen LogP contribution in [0.5, 0.6) is 5.75 Å².